The summed E-state index contributed by atoms with van der Waals surface area (Å²) in [6.07, 6.45) is 0.222. The minimum absolute atomic E-state index is 0.128. The third kappa shape index (κ3) is 2.82. The van der Waals surface area contributed by atoms with Crippen LogP contribution in [-0.2, 0) is 23.1 Å². The van der Waals surface area contributed by atoms with E-state index in [2.05, 4.69) is 5.10 Å². The number of aromatic nitrogens is 2. The Bertz CT molecular complexity index is 541. The molecule has 1 unspecified atom stereocenters. The van der Waals surface area contributed by atoms with E-state index in [9.17, 15) is 14.7 Å². The molecule has 1 aromatic heterocycles. The number of aryl methyl sites for hydroxylation is 2. The molecule has 2 heterocycles. The third-order valence-electron chi connectivity index (χ3n) is 3.72. The summed E-state index contributed by atoms with van der Waals surface area (Å²) in [6.45, 7) is 4.29. The van der Waals surface area contributed by atoms with Gasteiger partial charge in [0.15, 0.2) is 0 Å². The summed E-state index contributed by atoms with van der Waals surface area (Å²) in [5.74, 6) is 0.203. The number of hydrogen-bond donors (Lipinski definition) is 1. The molecule has 1 saturated heterocycles. The van der Waals surface area contributed by atoms with Gasteiger partial charge in [0.2, 0.25) is 5.91 Å². The number of carboxylic acid groups (broad SMARTS) is 1. The fraction of sp³-hybridized carbons (Fsp3) is 0.615. The van der Waals surface area contributed by atoms with Crippen LogP contribution in [0, 0.1) is 13.8 Å². The molecule has 1 fully saturated rings. The molecule has 0 saturated carbocycles. The summed E-state index contributed by atoms with van der Waals surface area (Å²) in [5.41, 5.74) is 2.69. The van der Waals surface area contributed by atoms with Crippen LogP contribution in [0.15, 0.2) is 0 Å². The van der Waals surface area contributed by atoms with Gasteiger partial charge in [-0.15, -0.1) is 0 Å². The molecule has 0 bridgehead atoms. The highest BCUT2D eigenvalue weighted by Crippen LogP contribution is 2.20. The predicted octanol–water partition coefficient (Wildman–Crippen LogP) is 0.608. The van der Waals surface area contributed by atoms with Gasteiger partial charge in [0, 0.05) is 36.4 Å². The van der Waals surface area contributed by atoms with E-state index < -0.39 is 12.0 Å². The number of aliphatic carboxylic acids is 1. The Morgan fingerprint density at radius 3 is 2.70 bits per heavy atom. The van der Waals surface area contributed by atoms with Crippen LogP contribution in [0.25, 0.3) is 0 Å². The first-order valence-corrected chi connectivity index (χ1v) is 7.66. The normalized spacial score (nSPS) is 19.1. The summed E-state index contributed by atoms with van der Waals surface area (Å²) in [7, 11) is 1.84. The van der Waals surface area contributed by atoms with Gasteiger partial charge in [-0.05, 0) is 13.8 Å². The van der Waals surface area contributed by atoms with Crippen LogP contribution < -0.4 is 0 Å². The van der Waals surface area contributed by atoms with Gasteiger partial charge in [-0.2, -0.15) is 16.9 Å². The SMILES string of the molecule is Cc1nn(C)c(C)c1CC(=O)N1CCSCC1C(=O)O. The summed E-state index contributed by atoms with van der Waals surface area (Å²) in [6, 6.07) is -0.710. The largest absolute Gasteiger partial charge is 0.480 e. The molecule has 1 amide bonds. The van der Waals surface area contributed by atoms with Crippen molar-refractivity contribution in [1.29, 1.82) is 0 Å². The van der Waals surface area contributed by atoms with Crippen LogP contribution in [0.5, 0.6) is 0 Å². The number of rotatable bonds is 3. The van der Waals surface area contributed by atoms with E-state index in [1.165, 1.54) is 4.90 Å². The molecule has 0 radical (unpaired) electrons. The lowest BCUT2D eigenvalue weighted by atomic mass is 10.1. The average Bonchev–Trinajstić information content (AvgIpc) is 2.65. The van der Waals surface area contributed by atoms with Crippen molar-refractivity contribution in [3.8, 4) is 0 Å². The number of carbonyl (C=O) groups excluding carboxylic acids is 1. The lowest BCUT2D eigenvalue weighted by Gasteiger charge is -2.32. The summed E-state index contributed by atoms with van der Waals surface area (Å²) in [4.78, 5) is 25.1. The molecule has 6 nitrogen and oxygen atoms in total. The molecule has 1 aromatic rings. The second-order valence-corrected chi connectivity index (χ2v) is 6.12. The number of amides is 1. The van der Waals surface area contributed by atoms with Gasteiger partial charge in [0.25, 0.3) is 0 Å². The zero-order valence-electron chi connectivity index (χ0n) is 11.9. The topological polar surface area (TPSA) is 75.4 Å². The van der Waals surface area contributed by atoms with Crippen molar-refractivity contribution >= 4 is 23.6 Å². The van der Waals surface area contributed by atoms with E-state index in [0.717, 1.165) is 22.7 Å². The summed E-state index contributed by atoms with van der Waals surface area (Å²) in [5, 5.41) is 13.5. The minimum atomic E-state index is -0.926. The molecule has 20 heavy (non-hydrogen) atoms. The lowest BCUT2D eigenvalue weighted by molar-refractivity contribution is -0.148. The monoisotopic (exact) mass is 297 g/mol. The zero-order chi connectivity index (χ0) is 14.9. The molecule has 1 aliphatic heterocycles. The first-order chi connectivity index (χ1) is 9.41. The van der Waals surface area contributed by atoms with Crippen molar-refractivity contribution in [2.24, 2.45) is 7.05 Å². The van der Waals surface area contributed by atoms with Gasteiger partial charge in [-0.1, -0.05) is 0 Å². The minimum Gasteiger partial charge on any atom is -0.480 e. The second kappa shape index (κ2) is 5.87. The number of carbonyl (C=O) groups is 2. The van der Waals surface area contributed by atoms with Crippen LogP contribution in [0.1, 0.15) is 17.0 Å². The fourth-order valence-corrected chi connectivity index (χ4v) is 3.47. The van der Waals surface area contributed by atoms with Gasteiger partial charge >= 0.3 is 5.97 Å². The quantitative estimate of drug-likeness (QED) is 0.884. The summed E-state index contributed by atoms with van der Waals surface area (Å²) < 4.78 is 1.75. The molecule has 2 rings (SSSR count). The van der Waals surface area contributed by atoms with E-state index in [-0.39, 0.29) is 12.3 Å². The van der Waals surface area contributed by atoms with E-state index in [1.807, 2.05) is 20.9 Å². The highest BCUT2D eigenvalue weighted by Gasteiger charge is 2.32. The first-order valence-electron chi connectivity index (χ1n) is 6.51. The molecule has 1 N–H and O–H groups in total. The predicted molar refractivity (Wildman–Crippen MR) is 76.8 cm³/mol. The maximum Gasteiger partial charge on any atom is 0.327 e. The zero-order valence-corrected chi connectivity index (χ0v) is 12.7. The van der Waals surface area contributed by atoms with Crippen LogP contribution in [0.3, 0.4) is 0 Å². The molecular weight excluding hydrogens is 278 g/mol. The lowest BCUT2D eigenvalue weighted by Crippen LogP contribution is -2.50. The Labute approximate surface area is 122 Å². The highest BCUT2D eigenvalue weighted by molar-refractivity contribution is 7.99. The molecule has 1 aliphatic rings. The van der Waals surface area contributed by atoms with Crippen molar-refractivity contribution in [3.63, 3.8) is 0 Å². The van der Waals surface area contributed by atoms with Crippen LogP contribution >= 0.6 is 11.8 Å². The average molecular weight is 297 g/mol. The highest BCUT2D eigenvalue weighted by atomic mass is 32.2. The van der Waals surface area contributed by atoms with Gasteiger partial charge < -0.3 is 10.0 Å². The van der Waals surface area contributed by atoms with Crippen molar-refractivity contribution in [1.82, 2.24) is 14.7 Å². The van der Waals surface area contributed by atoms with E-state index >= 15 is 0 Å². The Morgan fingerprint density at radius 1 is 1.45 bits per heavy atom. The third-order valence-corrected chi connectivity index (χ3v) is 4.74. The van der Waals surface area contributed by atoms with Crippen LogP contribution in [-0.4, -0.2) is 55.8 Å². The Morgan fingerprint density at radius 2 is 2.15 bits per heavy atom. The second-order valence-electron chi connectivity index (χ2n) is 4.97. The van der Waals surface area contributed by atoms with Gasteiger partial charge in [-0.3, -0.25) is 9.48 Å². The Hall–Kier alpha value is -1.50. The molecule has 110 valence electrons. The Balaban J connectivity index is 2.16. The van der Waals surface area contributed by atoms with Crippen molar-refractivity contribution in [3.05, 3.63) is 17.0 Å². The van der Waals surface area contributed by atoms with Crippen molar-refractivity contribution in [2.45, 2.75) is 26.3 Å². The van der Waals surface area contributed by atoms with E-state index in [0.29, 0.717) is 12.3 Å². The molecule has 1 atom stereocenters. The van der Waals surface area contributed by atoms with Gasteiger partial charge in [0.05, 0.1) is 12.1 Å². The standard InChI is InChI=1S/C13H19N3O3S/c1-8-10(9(2)15(3)14-8)6-12(17)16-4-5-20-7-11(16)13(18)19/h11H,4-7H2,1-3H3,(H,18,19). The van der Waals surface area contributed by atoms with Crippen molar-refractivity contribution in [2.75, 3.05) is 18.1 Å². The van der Waals surface area contributed by atoms with Gasteiger partial charge in [0.1, 0.15) is 6.04 Å². The maximum absolute atomic E-state index is 12.4. The number of hydrogen-bond acceptors (Lipinski definition) is 4. The van der Waals surface area contributed by atoms with Gasteiger partial charge in [-0.25, -0.2) is 4.79 Å². The molecule has 7 heteroatoms. The van der Waals surface area contributed by atoms with E-state index in [1.54, 1.807) is 16.4 Å². The Kier molecular flexibility index (Phi) is 4.37. The van der Waals surface area contributed by atoms with E-state index in [4.69, 9.17) is 0 Å². The maximum atomic E-state index is 12.4. The summed E-state index contributed by atoms with van der Waals surface area (Å²) >= 11 is 1.58. The number of carboxylic acids is 1. The van der Waals surface area contributed by atoms with Crippen molar-refractivity contribution < 1.29 is 14.7 Å². The fourth-order valence-electron chi connectivity index (χ4n) is 2.43. The molecule has 0 aliphatic carbocycles. The first kappa shape index (κ1) is 14.9. The molecule has 0 aromatic carbocycles. The number of nitrogens with zero attached hydrogens (tertiary/aromatic N) is 3. The smallest absolute Gasteiger partial charge is 0.327 e. The number of thioether (sulfide) groups is 1. The van der Waals surface area contributed by atoms with Crippen LogP contribution in [0.4, 0.5) is 0 Å². The molecule has 0 spiro atoms. The van der Waals surface area contributed by atoms with Crippen LogP contribution in [0.2, 0.25) is 0 Å². The molecular formula is C13H19N3O3S.